The van der Waals surface area contributed by atoms with Crippen LogP contribution in [-0.2, 0) is 9.59 Å². The van der Waals surface area contributed by atoms with Gasteiger partial charge in [0.25, 0.3) is 0 Å². The van der Waals surface area contributed by atoms with Crippen molar-refractivity contribution in [3.05, 3.63) is 0 Å². The topological polar surface area (TPSA) is 49.4 Å². The first kappa shape index (κ1) is 19.4. The van der Waals surface area contributed by atoms with Crippen molar-refractivity contribution in [2.75, 3.05) is 19.8 Å². The van der Waals surface area contributed by atoms with Crippen molar-refractivity contribution in [1.29, 1.82) is 0 Å². The van der Waals surface area contributed by atoms with Gasteiger partial charge in [-0.15, -0.1) is 0 Å². The van der Waals surface area contributed by atoms with E-state index in [0.29, 0.717) is 18.9 Å². The molecule has 0 aromatic heterocycles. The molecule has 1 N–H and O–H groups in total. The highest BCUT2D eigenvalue weighted by Crippen LogP contribution is 2.14. The summed E-state index contributed by atoms with van der Waals surface area (Å²) in [6.45, 7) is 6.60. The molecule has 0 radical (unpaired) electrons. The fourth-order valence-corrected chi connectivity index (χ4v) is 2.48. The average Bonchev–Trinajstić information content (AvgIpc) is 2.39. The zero-order valence-electron chi connectivity index (χ0n) is 13.6. The van der Waals surface area contributed by atoms with Crippen LogP contribution in [0.1, 0.15) is 52.9 Å². The molecular formula is C15H30N2O2S. The van der Waals surface area contributed by atoms with Crippen molar-refractivity contribution >= 4 is 23.6 Å². The summed E-state index contributed by atoms with van der Waals surface area (Å²) in [5.41, 5.74) is 0. The van der Waals surface area contributed by atoms with Crippen molar-refractivity contribution in [2.24, 2.45) is 5.92 Å². The Morgan fingerprint density at radius 3 is 2.35 bits per heavy atom. The molecule has 0 aromatic rings. The predicted octanol–water partition coefficient (Wildman–Crippen LogP) is 2.88. The van der Waals surface area contributed by atoms with Crippen LogP contribution < -0.4 is 5.32 Å². The summed E-state index contributed by atoms with van der Waals surface area (Å²) in [4.78, 5) is 23.1. The summed E-state index contributed by atoms with van der Waals surface area (Å²) in [6.07, 6.45) is 6.28. The number of Topliss-reactive ketones (excluding diaryl/α,β-unsaturated/α-hetero) is 1. The lowest BCUT2D eigenvalue weighted by Gasteiger charge is -2.23. The summed E-state index contributed by atoms with van der Waals surface area (Å²) in [5.74, 6) is 0.921. The molecule has 4 nitrogen and oxygen atoms in total. The van der Waals surface area contributed by atoms with Gasteiger partial charge in [-0.05, 0) is 51.8 Å². The molecule has 0 bridgehead atoms. The van der Waals surface area contributed by atoms with Gasteiger partial charge in [0.1, 0.15) is 5.78 Å². The van der Waals surface area contributed by atoms with Crippen LogP contribution in [0.25, 0.3) is 0 Å². The number of likely N-dealkylation sites (N-methyl/N-ethyl adjacent to an activating group) is 1. The average molecular weight is 302 g/mol. The van der Waals surface area contributed by atoms with Crippen molar-refractivity contribution in [1.82, 2.24) is 9.62 Å². The van der Waals surface area contributed by atoms with E-state index in [9.17, 15) is 9.59 Å². The van der Waals surface area contributed by atoms with E-state index in [2.05, 4.69) is 19.2 Å². The number of ketones is 1. The zero-order valence-corrected chi connectivity index (χ0v) is 14.4. The maximum atomic E-state index is 11.5. The summed E-state index contributed by atoms with van der Waals surface area (Å²) >= 11 is 1.58. The monoisotopic (exact) mass is 302 g/mol. The number of unbranched alkanes of at least 4 members (excludes halogenated alkanes) is 1. The molecule has 0 aliphatic heterocycles. The standard InChI is InChI=1S/C15H30N2O2S/c1-12(2)9-10-15(19)16-11-7-6-8-14(13(3)18)17(4)20-5/h12,14H,6-11H2,1-5H3,(H,16,19)/t14-/m0/s1. The lowest BCUT2D eigenvalue weighted by Crippen LogP contribution is -2.32. The number of rotatable bonds is 11. The molecule has 0 heterocycles. The van der Waals surface area contributed by atoms with Gasteiger partial charge in [-0.2, -0.15) is 0 Å². The molecule has 1 amide bonds. The fourth-order valence-electron chi connectivity index (χ4n) is 1.97. The van der Waals surface area contributed by atoms with Crippen molar-refractivity contribution in [2.45, 2.75) is 58.9 Å². The number of nitrogens with one attached hydrogen (secondary N) is 1. The lowest BCUT2D eigenvalue weighted by molar-refractivity contribution is -0.122. The molecule has 0 unspecified atom stereocenters. The number of carbonyl (C=O) groups excluding carboxylic acids is 2. The summed E-state index contributed by atoms with van der Waals surface area (Å²) in [6, 6.07) is -0.0124. The van der Waals surface area contributed by atoms with Crippen LogP contribution in [0.2, 0.25) is 0 Å². The Hall–Kier alpha value is -0.550. The summed E-state index contributed by atoms with van der Waals surface area (Å²) < 4.78 is 2.00. The third-order valence-corrected chi connectivity index (χ3v) is 4.20. The van der Waals surface area contributed by atoms with Crippen LogP contribution in [-0.4, -0.2) is 41.9 Å². The van der Waals surface area contributed by atoms with Crippen LogP contribution in [0, 0.1) is 5.92 Å². The predicted molar refractivity (Wildman–Crippen MR) is 86.7 cm³/mol. The fraction of sp³-hybridized carbons (Fsp3) is 0.867. The molecular weight excluding hydrogens is 272 g/mol. The van der Waals surface area contributed by atoms with Crippen molar-refractivity contribution in [3.63, 3.8) is 0 Å². The zero-order chi connectivity index (χ0) is 15.5. The SMILES string of the molecule is CSN(C)[C@@H](CCCCNC(=O)CCC(C)C)C(C)=O. The van der Waals surface area contributed by atoms with Gasteiger partial charge in [-0.25, -0.2) is 4.31 Å². The van der Waals surface area contributed by atoms with Crippen LogP contribution >= 0.6 is 11.9 Å². The van der Waals surface area contributed by atoms with Gasteiger partial charge in [0.15, 0.2) is 0 Å². The Bertz CT molecular complexity index is 296. The van der Waals surface area contributed by atoms with E-state index in [1.165, 1.54) is 0 Å². The van der Waals surface area contributed by atoms with E-state index in [1.54, 1.807) is 18.9 Å². The Labute approximate surface area is 128 Å². The Kier molecular flexibility index (Phi) is 10.8. The first-order chi connectivity index (χ1) is 9.38. The maximum Gasteiger partial charge on any atom is 0.220 e. The second kappa shape index (κ2) is 11.1. The van der Waals surface area contributed by atoms with Crippen LogP contribution in [0.4, 0.5) is 0 Å². The van der Waals surface area contributed by atoms with Gasteiger partial charge in [-0.3, -0.25) is 9.59 Å². The Morgan fingerprint density at radius 1 is 1.20 bits per heavy atom. The molecule has 20 heavy (non-hydrogen) atoms. The maximum absolute atomic E-state index is 11.5. The second-order valence-electron chi connectivity index (χ2n) is 5.63. The number of hydrogen-bond donors (Lipinski definition) is 1. The van der Waals surface area contributed by atoms with Gasteiger partial charge in [0, 0.05) is 13.0 Å². The lowest BCUT2D eigenvalue weighted by atomic mass is 10.1. The van der Waals surface area contributed by atoms with Crippen LogP contribution in [0.15, 0.2) is 0 Å². The highest BCUT2D eigenvalue weighted by molar-refractivity contribution is 7.96. The smallest absolute Gasteiger partial charge is 0.220 e. The second-order valence-corrected chi connectivity index (χ2v) is 6.57. The van der Waals surface area contributed by atoms with Crippen molar-refractivity contribution in [3.8, 4) is 0 Å². The summed E-state index contributed by atoms with van der Waals surface area (Å²) in [5, 5.41) is 2.94. The molecule has 0 spiro atoms. The molecule has 0 fully saturated rings. The van der Waals surface area contributed by atoms with Crippen LogP contribution in [0.3, 0.4) is 0 Å². The number of nitrogens with zero attached hydrogens (tertiary/aromatic N) is 1. The molecule has 1 atom stereocenters. The minimum atomic E-state index is -0.0124. The van der Waals surface area contributed by atoms with E-state index in [4.69, 9.17) is 0 Å². The molecule has 0 saturated carbocycles. The van der Waals surface area contributed by atoms with Gasteiger partial charge in [0.05, 0.1) is 6.04 Å². The minimum absolute atomic E-state index is 0.0124. The van der Waals surface area contributed by atoms with E-state index in [-0.39, 0.29) is 17.7 Å². The largest absolute Gasteiger partial charge is 0.356 e. The van der Waals surface area contributed by atoms with Crippen molar-refractivity contribution < 1.29 is 9.59 Å². The molecule has 0 aromatic carbocycles. The molecule has 5 heteroatoms. The number of carbonyl (C=O) groups is 2. The Balaban J connectivity index is 3.74. The minimum Gasteiger partial charge on any atom is -0.356 e. The van der Waals surface area contributed by atoms with Crippen LogP contribution in [0.5, 0.6) is 0 Å². The normalized spacial score (nSPS) is 12.8. The van der Waals surface area contributed by atoms with Gasteiger partial charge >= 0.3 is 0 Å². The van der Waals surface area contributed by atoms with Gasteiger partial charge in [0.2, 0.25) is 5.91 Å². The summed E-state index contributed by atoms with van der Waals surface area (Å²) in [7, 11) is 1.95. The van der Waals surface area contributed by atoms with E-state index < -0.39 is 0 Å². The first-order valence-corrected chi connectivity index (χ1v) is 8.60. The van der Waals surface area contributed by atoms with E-state index >= 15 is 0 Å². The quantitative estimate of drug-likeness (QED) is 0.471. The van der Waals surface area contributed by atoms with E-state index in [1.807, 2.05) is 17.6 Å². The first-order valence-electron chi connectivity index (χ1n) is 7.42. The highest BCUT2D eigenvalue weighted by Gasteiger charge is 2.18. The highest BCUT2D eigenvalue weighted by atomic mass is 32.2. The third kappa shape index (κ3) is 9.37. The number of amides is 1. The van der Waals surface area contributed by atoms with Gasteiger partial charge < -0.3 is 5.32 Å². The van der Waals surface area contributed by atoms with E-state index in [0.717, 1.165) is 25.7 Å². The third-order valence-electron chi connectivity index (χ3n) is 3.37. The molecule has 0 rings (SSSR count). The molecule has 0 saturated heterocycles. The molecule has 0 aliphatic rings. The Morgan fingerprint density at radius 2 is 1.85 bits per heavy atom. The molecule has 118 valence electrons. The molecule has 0 aliphatic carbocycles. The number of hydrogen-bond acceptors (Lipinski definition) is 4. The van der Waals surface area contributed by atoms with Gasteiger partial charge in [-0.1, -0.05) is 25.8 Å².